The van der Waals surface area contributed by atoms with Gasteiger partial charge in [0.15, 0.2) is 6.10 Å². The van der Waals surface area contributed by atoms with Gasteiger partial charge < -0.3 is 24.6 Å². The highest BCUT2D eigenvalue weighted by atomic mass is 31.2. The van der Waals surface area contributed by atoms with Crippen molar-refractivity contribution in [1.29, 1.82) is 0 Å². The van der Waals surface area contributed by atoms with Crippen molar-refractivity contribution in [3.8, 4) is 0 Å². The predicted octanol–water partition coefficient (Wildman–Crippen LogP) is 10.3. The maximum absolute atomic E-state index is 12.5. The lowest BCUT2D eigenvalue weighted by Gasteiger charge is -2.20. The van der Waals surface area contributed by atoms with Crippen LogP contribution in [-0.2, 0) is 32.7 Å². The van der Waals surface area contributed by atoms with Crippen molar-refractivity contribution < 1.29 is 47.8 Å². The van der Waals surface area contributed by atoms with E-state index in [2.05, 4.69) is 18.4 Å². The van der Waals surface area contributed by atoms with Crippen LogP contribution in [0.3, 0.4) is 0 Å². The molecule has 3 N–H and O–H groups in total. The Kier molecular flexibility index (Phi) is 35.6. The predicted molar refractivity (Wildman–Crippen MR) is 201 cm³/mol. The summed E-state index contributed by atoms with van der Waals surface area (Å²) < 4.78 is 32.6. The Morgan fingerprint density at radius 2 is 0.860 bits per heavy atom. The Balaban J connectivity index is 4.22. The Morgan fingerprint density at radius 1 is 0.520 bits per heavy atom. The second-order valence-electron chi connectivity index (χ2n) is 14.0. The van der Waals surface area contributed by atoms with Gasteiger partial charge >= 0.3 is 19.8 Å². The molecule has 0 heterocycles. The lowest BCUT2D eigenvalue weighted by atomic mass is 10.0. The summed E-state index contributed by atoms with van der Waals surface area (Å²) in [5.74, 6) is -0.914. The molecule has 0 aliphatic heterocycles. The summed E-state index contributed by atoms with van der Waals surface area (Å²) in [6.45, 7) is 2.38. The molecule has 50 heavy (non-hydrogen) atoms. The third-order valence-electron chi connectivity index (χ3n) is 9.01. The Morgan fingerprint density at radius 3 is 1.24 bits per heavy atom. The second kappa shape index (κ2) is 36.3. The number of aliphatic hydroxyl groups excluding tert-OH is 2. The van der Waals surface area contributed by atoms with E-state index in [4.69, 9.17) is 19.1 Å². The largest absolute Gasteiger partial charge is 0.472 e. The molecule has 3 atom stereocenters. The van der Waals surface area contributed by atoms with Gasteiger partial charge in [-0.1, -0.05) is 174 Å². The van der Waals surface area contributed by atoms with Crippen molar-refractivity contribution in [1.82, 2.24) is 0 Å². The van der Waals surface area contributed by atoms with Crippen LogP contribution in [0.15, 0.2) is 0 Å². The molecule has 0 aliphatic carbocycles. The van der Waals surface area contributed by atoms with Gasteiger partial charge in [-0.25, -0.2) is 4.57 Å². The smallest absolute Gasteiger partial charge is 0.462 e. The van der Waals surface area contributed by atoms with E-state index in [0.717, 1.165) is 32.1 Å². The van der Waals surface area contributed by atoms with Gasteiger partial charge in [-0.15, -0.1) is 0 Å². The molecular weight excluding hydrogens is 659 g/mol. The van der Waals surface area contributed by atoms with Crippen LogP contribution in [0.1, 0.15) is 200 Å². The summed E-state index contributed by atoms with van der Waals surface area (Å²) >= 11 is 0. The standard InChI is InChI=1S/C39H77O10P/c1-3-5-7-9-11-13-15-16-17-18-19-20-21-23-24-26-28-30-38(42)46-34-37(35-48-50(44,45)47-33-36(41)32-40)49-39(43)31-29-27-25-22-14-12-10-8-6-4-2/h36-37,40-41H,3-35H2,1-2H3,(H,44,45)/t36-,37+/m0/s1. The number of unbranched alkanes of at least 4 members (excludes halogenated alkanes) is 25. The molecule has 11 heteroatoms. The second-order valence-corrected chi connectivity index (χ2v) is 15.5. The molecule has 298 valence electrons. The maximum atomic E-state index is 12.5. The third-order valence-corrected chi connectivity index (χ3v) is 9.96. The molecule has 0 radical (unpaired) electrons. The van der Waals surface area contributed by atoms with Gasteiger partial charge in [-0.2, -0.15) is 0 Å². The third kappa shape index (κ3) is 35.4. The number of ether oxygens (including phenoxy) is 2. The van der Waals surface area contributed by atoms with Gasteiger partial charge in [0.25, 0.3) is 0 Å². The number of carbonyl (C=O) groups excluding carboxylic acids is 2. The number of aliphatic hydroxyl groups is 2. The van der Waals surface area contributed by atoms with Gasteiger partial charge in [-0.05, 0) is 12.8 Å². The van der Waals surface area contributed by atoms with E-state index in [1.807, 2.05) is 0 Å². The molecule has 0 saturated carbocycles. The first kappa shape index (κ1) is 49.0. The Hall–Kier alpha value is -1.03. The molecule has 0 aromatic heterocycles. The molecule has 0 spiro atoms. The average Bonchev–Trinajstić information content (AvgIpc) is 3.10. The highest BCUT2D eigenvalue weighted by Crippen LogP contribution is 2.43. The van der Waals surface area contributed by atoms with Gasteiger partial charge in [-0.3, -0.25) is 18.6 Å². The summed E-state index contributed by atoms with van der Waals surface area (Å²) in [5, 5.41) is 18.3. The van der Waals surface area contributed by atoms with Crippen LogP contribution in [0.5, 0.6) is 0 Å². The van der Waals surface area contributed by atoms with Crippen molar-refractivity contribution in [2.24, 2.45) is 0 Å². The summed E-state index contributed by atoms with van der Waals surface area (Å²) in [6, 6.07) is 0. The first-order chi connectivity index (χ1) is 24.2. The minimum Gasteiger partial charge on any atom is -0.462 e. The topological polar surface area (TPSA) is 149 Å². The summed E-state index contributed by atoms with van der Waals surface area (Å²) in [7, 11) is -4.60. The molecule has 0 aliphatic rings. The lowest BCUT2D eigenvalue weighted by Crippen LogP contribution is -2.29. The van der Waals surface area contributed by atoms with Crippen LogP contribution in [-0.4, -0.2) is 65.7 Å². The van der Waals surface area contributed by atoms with E-state index in [1.54, 1.807) is 0 Å². The molecule has 0 rings (SSSR count). The zero-order chi connectivity index (χ0) is 37.0. The van der Waals surface area contributed by atoms with Gasteiger partial charge in [0.05, 0.1) is 19.8 Å². The normalized spacial score (nSPS) is 13.9. The van der Waals surface area contributed by atoms with Crippen molar-refractivity contribution in [3.63, 3.8) is 0 Å². The number of phosphoric acid groups is 1. The van der Waals surface area contributed by atoms with E-state index in [1.165, 1.54) is 128 Å². The monoisotopic (exact) mass is 737 g/mol. The molecule has 0 aromatic rings. The number of phosphoric ester groups is 1. The van der Waals surface area contributed by atoms with Crippen LogP contribution >= 0.6 is 7.82 Å². The minimum atomic E-state index is -4.60. The van der Waals surface area contributed by atoms with Crippen LogP contribution in [0.2, 0.25) is 0 Å². The van der Waals surface area contributed by atoms with Crippen molar-refractivity contribution in [2.45, 2.75) is 212 Å². The van der Waals surface area contributed by atoms with E-state index in [-0.39, 0.29) is 19.4 Å². The van der Waals surface area contributed by atoms with Gasteiger partial charge in [0, 0.05) is 12.8 Å². The number of hydrogen-bond acceptors (Lipinski definition) is 9. The molecule has 1 unspecified atom stereocenters. The molecular formula is C39H77O10P. The Labute approximate surface area is 305 Å². The van der Waals surface area contributed by atoms with E-state index < -0.39 is 51.8 Å². The first-order valence-corrected chi connectivity index (χ1v) is 22.0. The Bertz CT molecular complexity index is 812. The minimum absolute atomic E-state index is 0.191. The zero-order valence-corrected chi connectivity index (χ0v) is 33.0. The number of hydrogen-bond donors (Lipinski definition) is 3. The fourth-order valence-electron chi connectivity index (χ4n) is 5.82. The van der Waals surface area contributed by atoms with Crippen LogP contribution in [0, 0.1) is 0 Å². The van der Waals surface area contributed by atoms with Crippen LogP contribution in [0.25, 0.3) is 0 Å². The SMILES string of the molecule is CCCCCCCCCCCCCCCCCCCC(=O)OC[C@H](COP(=O)(O)OC[C@@H](O)CO)OC(=O)CCCCCCCCCCCC. The number of carbonyl (C=O) groups is 2. The number of rotatable bonds is 39. The molecule has 0 bridgehead atoms. The lowest BCUT2D eigenvalue weighted by molar-refractivity contribution is -0.161. The fourth-order valence-corrected chi connectivity index (χ4v) is 6.61. The molecule has 0 saturated heterocycles. The maximum Gasteiger partial charge on any atom is 0.472 e. The first-order valence-electron chi connectivity index (χ1n) is 20.5. The van der Waals surface area contributed by atoms with Crippen molar-refractivity contribution in [2.75, 3.05) is 26.4 Å². The average molecular weight is 737 g/mol. The zero-order valence-electron chi connectivity index (χ0n) is 32.1. The van der Waals surface area contributed by atoms with Gasteiger partial charge in [0.2, 0.25) is 0 Å². The summed E-state index contributed by atoms with van der Waals surface area (Å²) in [5.41, 5.74) is 0. The molecule has 0 aromatic carbocycles. The number of esters is 2. The molecule has 0 amide bonds. The van der Waals surface area contributed by atoms with Crippen LogP contribution < -0.4 is 0 Å². The van der Waals surface area contributed by atoms with E-state index in [9.17, 15) is 24.2 Å². The molecule has 0 fully saturated rings. The van der Waals surface area contributed by atoms with Crippen LogP contribution in [0.4, 0.5) is 0 Å². The fraction of sp³-hybridized carbons (Fsp3) is 0.949. The van der Waals surface area contributed by atoms with E-state index in [0.29, 0.717) is 12.8 Å². The molecule has 10 nitrogen and oxygen atoms in total. The highest BCUT2D eigenvalue weighted by molar-refractivity contribution is 7.47. The summed E-state index contributed by atoms with van der Waals surface area (Å²) in [4.78, 5) is 34.8. The van der Waals surface area contributed by atoms with Crippen molar-refractivity contribution >= 4 is 19.8 Å². The van der Waals surface area contributed by atoms with E-state index >= 15 is 0 Å². The van der Waals surface area contributed by atoms with Crippen molar-refractivity contribution in [3.05, 3.63) is 0 Å². The summed E-state index contributed by atoms with van der Waals surface area (Å²) in [6.07, 6.45) is 30.8. The highest BCUT2D eigenvalue weighted by Gasteiger charge is 2.27. The quantitative estimate of drug-likeness (QED) is 0.0316. The van der Waals surface area contributed by atoms with Gasteiger partial charge in [0.1, 0.15) is 12.7 Å².